The van der Waals surface area contributed by atoms with Crippen molar-refractivity contribution in [3.63, 3.8) is 0 Å². The number of carbonyl (C=O) groups is 2. The molecule has 4 nitrogen and oxygen atoms in total. The second kappa shape index (κ2) is 10.1. The largest absolute Gasteiger partial charge is 0.469 e. The van der Waals surface area contributed by atoms with Gasteiger partial charge in [0.15, 0.2) is 0 Å². The molecule has 0 radical (unpaired) electrons. The van der Waals surface area contributed by atoms with Gasteiger partial charge < -0.3 is 9.47 Å². The van der Waals surface area contributed by atoms with E-state index in [1.165, 1.54) is 33.5 Å². The van der Waals surface area contributed by atoms with E-state index in [1.54, 1.807) is 0 Å². The van der Waals surface area contributed by atoms with E-state index in [9.17, 15) is 9.59 Å². The number of rotatable bonds is 9. The first-order valence-corrected chi connectivity index (χ1v) is 6.30. The van der Waals surface area contributed by atoms with E-state index in [2.05, 4.69) is 16.4 Å². The molecular weight excluding hydrogens is 220 g/mol. The molecule has 0 saturated carbocycles. The fourth-order valence-electron chi connectivity index (χ4n) is 1.75. The number of unbranched alkanes of at least 4 members (excludes halogenated alkanes) is 4. The number of ether oxygens (including phenoxy) is 2. The van der Waals surface area contributed by atoms with Crippen LogP contribution >= 0.6 is 0 Å². The van der Waals surface area contributed by atoms with Crippen LogP contribution in [0.2, 0.25) is 0 Å². The molecule has 0 aromatic carbocycles. The van der Waals surface area contributed by atoms with Crippen LogP contribution in [0.3, 0.4) is 0 Å². The fraction of sp³-hybridized carbons (Fsp3) is 0.846. The smallest absolute Gasteiger partial charge is 0.309 e. The zero-order chi connectivity index (χ0) is 13.1. The van der Waals surface area contributed by atoms with Gasteiger partial charge in [-0.3, -0.25) is 9.59 Å². The first-order chi connectivity index (χ1) is 8.15. The van der Waals surface area contributed by atoms with Crippen LogP contribution in [-0.2, 0) is 19.1 Å². The molecule has 0 fully saturated rings. The van der Waals surface area contributed by atoms with Crippen molar-refractivity contribution in [3.8, 4) is 0 Å². The highest BCUT2D eigenvalue weighted by molar-refractivity contribution is 5.79. The Morgan fingerprint density at radius 2 is 1.65 bits per heavy atom. The Morgan fingerprint density at radius 3 is 2.18 bits per heavy atom. The number of hydrogen-bond acceptors (Lipinski definition) is 4. The summed E-state index contributed by atoms with van der Waals surface area (Å²) in [6.45, 7) is 2.16. The van der Waals surface area contributed by atoms with Gasteiger partial charge in [-0.1, -0.05) is 39.0 Å². The van der Waals surface area contributed by atoms with Crippen LogP contribution < -0.4 is 0 Å². The molecule has 0 heterocycles. The molecule has 0 N–H and O–H groups in total. The summed E-state index contributed by atoms with van der Waals surface area (Å²) in [5.41, 5.74) is 0. The molecule has 0 aliphatic carbocycles. The zero-order valence-corrected chi connectivity index (χ0v) is 11.2. The van der Waals surface area contributed by atoms with Gasteiger partial charge in [0.1, 0.15) is 0 Å². The van der Waals surface area contributed by atoms with E-state index in [4.69, 9.17) is 0 Å². The fourth-order valence-corrected chi connectivity index (χ4v) is 1.75. The van der Waals surface area contributed by atoms with E-state index in [0.717, 1.165) is 12.8 Å². The van der Waals surface area contributed by atoms with Crippen LogP contribution in [0.4, 0.5) is 0 Å². The van der Waals surface area contributed by atoms with Crippen LogP contribution in [0.1, 0.15) is 51.9 Å². The molecular formula is C13H24O4. The third-order valence-corrected chi connectivity index (χ3v) is 2.83. The standard InChI is InChI=1S/C13H24O4/c1-4-5-6-7-8-9-11(13(15)17-3)10-12(14)16-2/h11H,4-10H2,1-3H3. The van der Waals surface area contributed by atoms with Crippen molar-refractivity contribution in [3.05, 3.63) is 0 Å². The molecule has 0 aliphatic rings. The number of carbonyl (C=O) groups excluding carboxylic acids is 2. The van der Waals surface area contributed by atoms with E-state index in [0.29, 0.717) is 6.42 Å². The van der Waals surface area contributed by atoms with Crippen LogP contribution in [0.5, 0.6) is 0 Å². The summed E-state index contributed by atoms with van der Waals surface area (Å²) in [6, 6.07) is 0. The van der Waals surface area contributed by atoms with Crippen LogP contribution in [0.15, 0.2) is 0 Å². The summed E-state index contributed by atoms with van der Waals surface area (Å²) >= 11 is 0. The van der Waals surface area contributed by atoms with Crippen molar-refractivity contribution in [2.45, 2.75) is 51.9 Å². The van der Waals surface area contributed by atoms with Gasteiger partial charge >= 0.3 is 11.9 Å². The third kappa shape index (κ3) is 7.77. The Hall–Kier alpha value is -1.06. The minimum absolute atomic E-state index is 0.122. The Kier molecular flexibility index (Phi) is 9.49. The number of methoxy groups -OCH3 is 2. The highest BCUT2D eigenvalue weighted by Crippen LogP contribution is 2.17. The Bertz CT molecular complexity index is 225. The van der Waals surface area contributed by atoms with Gasteiger partial charge in [-0.2, -0.15) is 0 Å². The lowest BCUT2D eigenvalue weighted by Gasteiger charge is -2.12. The molecule has 0 aromatic heterocycles. The van der Waals surface area contributed by atoms with Crippen molar-refractivity contribution in [1.82, 2.24) is 0 Å². The summed E-state index contributed by atoms with van der Waals surface area (Å²) in [7, 11) is 2.68. The van der Waals surface area contributed by atoms with Gasteiger partial charge in [0, 0.05) is 0 Å². The Morgan fingerprint density at radius 1 is 1.00 bits per heavy atom. The highest BCUT2D eigenvalue weighted by atomic mass is 16.5. The maximum atomic E-state index is 11.5. The Labute approximate surface area is 104 Å². The van der Waals surface area contributed by atoms with Crippen molar-refractivity contribution >= 4 is 11.9 Å². The summed E-state index contributed by atoms with van der Waals surface area (Å²) in [5.74, 6) is -1.02. The second-order valence-corrected chi connectivity index (χ2v) is 4.20. The van der Waals surface area contributed by atoms with Gasteiger partial charge in [0.05, 0.1) is 26.6 Å². The molecule has 0 saturated heterocycles. The number of esters is 2. The van der Waals surface area contributed by atoms with Crippen molar-refractivity contribution in [2.24, 2.45) is 5.92 Å². The average Bonchev–Trinajstić information content (AvgIpc) is 2.35. The van der Waals surface area contributed by atoms with E-state index >= 15 is 0 Å². The van der Waals surface area contributed by atoms with Gasteiger partial charge in [0.25, 0.3) is 0 Å². The molecule has 100 valence electrons. The molecule has 0 spiro atoms. The average molecular weight is 244 g/mol. The normalized spacial score (nSPS) is 11.9. The second-order valence-electron chi connectivity index (χ2n) is 4.20. The summed E-state index contributed by atoms with van der Waals surface area (Å²) in [4.78, 5) is 22.6. The van der Waals surface area contributed by atoms with E-state index < -0.39 is 0 Å². The predicted octanol–water partition coefficient (Wildman–Crippen LogP) is 2.70. The molecule has 0 bridgehead atoms. The molecule has 17 heavy (non-hydrogen) atoms. The van der Waals surface area contributed by atoms with Gasteiger partial charge in [-0.15, -0.1) is 0 Å². The minimum atomic E-state index is -0.353. The minimum Gasteiger partial charge on any atom is -0.469 e. The predicted molar refractivity (Wildman–Crippen MR) is 65.5 cm³/mol. The van der Waals surface area contributed by atoms with Crippen LogP contribution in [-0.4, -0.2) is 26.2 Å². The molecule has 1 atom stereocenters. The highest BCUT2D eigenvalue weighted by Gasteiger charge is 2.22. The van der Waals surface area contributed by atoms with Gasteiger partial charge in [0.2, 0.25) is 0 Å². The summed E-state index contributed by atoms with van der Waals surface area (Å²) in [5, 5.41) is 0. The van der Waals surface area contributed by atoms with E-state index in [-0.39, 0.29) is 24.3 Å². The maximum absolute atomic E-state index is 11.5. The lowest BCUT2D eigenvalue weighted by atomic mass is 9.97. The van der Waals surface area contributed by atoms with Crippen LogP contribution in [0, 0.1) is 5.92 Å². The molecule has 1 unspecified atom stereocenters. The topological polar surface area (TPSA) is 52.6 Å². The lowest BCUT2D eigenvalue weighted by Crippen LogP contribution is -2.20. The van der Waals surface area contributed by atoms with Crippen molar-refractivity contribution in [2.75, 3.05) is 14.2 Å². The van der Waals surface area contributed by atoms with Gasteiger partial charge in [-0.05, 0) is 6.42 Å². The monoisotopic (exact) mass is 244 g/mol. The van der Waals surface area contributed by atoms with Crippen LogP contribution in [0.25, 0.3) is 0 Å². The van der Waals surface area contributed by atoms with Crippen molar-refractivity contribution in [1.29, 1.82) is 0 Å². The quantitative estimate of drug-likeness (QED) is 0.462. The molecule has 0 aliphatic heterocycles. The zero-order valence-electron chi connectivity index (χ0n) is 11.2. The van der Waals surface area contributed by atoms with Crippen molar-refractivity contribution < 1.29 is 19.1 Å². The Balaban J connectivity index is 3.94. The lowest BCUT2D eigenvalue weighted by molar-refractivity contribution is -0.152. The SMILES string of the molecule is CCCCCCCC(CC(=O)OC)C(=O)OC. The molecule has 4 heteroatoms. The number of hydrogen-bond donors (Lipinski definition) is 0. The first kappa shape index (κ1) is 15.9. The molecule has 0 rings (SSSR count). The van der Waals surface area contributed by atoms with E-state index in [1.807, 2.05) is 0 Å². The summed E-state index contributed by atoms with van der Waals surface area (Å²) < 4.78 is 9.26. The first-order valence-electron chi connectivity index (χ1n) is 6.30. The maximum Gasteiger partial charge on any atom is 0.309 e. The van der Waals surface area contributed by atoms with Gasteiger partial charge in [-0.25, -0.2) is 0 Å². The molecule has 0 amide bonds. The third-order valence-electron chi connectivity index (χ3n) is 2.83. The summed E-state index contributed by atoms with van der Waals surface area (Å²) in [6.07, 6.45) is 6.48. The molecule has 0 aromatic rings.